The molecule has 0 amide bonds. The lowest BCUT2D eigenvalue weighted by Crippen LogP contribution is -2.12. The average Bonchev–Trinajstić information content (AvgIpc) is 2.75. The lowest BCUT2D eigenvalue weighted by molar-refractivity contribution is 0.373. The van der Waals surface area contributed by atoms with Crippen molar-refractivity contribution in [2.45, 2.75) is 19.8 Å². The maximum Gasteiger partial charge on any atom is -0.0131 e. The van der Waals surface area contributed by atoms with E-state index >= 15 is 0 Å². The Morgan fingerprint density at radius 1 is 1.08 bits per heavy atom. The van der Waals surface area contributed by atoms with Crippen LogP contribution in [0.5, 0.6) is 0 Å². The molecule has 0 radical (unpaired) electrons. The van der Waals surface area contributed by atoms with Crippen molar-refractivity contribution < 1.29 is 0 Å². The molecular weight excluding hydrogens is 144 g/mol. The lowest BCUT2D eigenvalue weighted by atomic mass is 9.86. The van der Waals surface area contributed by atoms with Crippen molar-refractivity contribution in [3.63, 3.8) is 0 Å². The second-order valence-corrected chi connectivity index (χ2v) is 4.52. The summed E-state index contributed by atoms with van der Waals surface area (Å²) in [5.74, 6) is 4.74. The molecule has 0 nitrogen and oxygen atoms in total. The summed E-state index contributed by atoms with van der Waals surface area (Å²) >= 11 is 0. The fraction of sp³-hybridized carbons (Fsp3) is 0.667. The van der Waals surface area contributed by atoms with Crippen LogP contribution in [0, 0.1) is 29.6 Å². The van der Waals surface area contributed by atoms with Gasteiger partial charge in [-0.2, -0.15) is 0 Å². The Bertz CT molecular complexity index is 249. The third kappa shape index (κ3) is 0.646. The van der Waals surface area contributed by atoms with Gasteiger partial charge in [-0.15, -0.1) is 0 Å². The van der Waals surface area contributed by atoms with E-state index in [-0.39, 0.29) is 0 Å². The third-order valence-corrected chi connectivity index (χ3v) is 4.22. The molecule has 0 aromatic heterocycles. The maximum atomic E-state index is 2.49. The number of allylic oxidation sites excluding steroid dienone is 4. The molecule has 0 heterocycles. The second-order valence-electron chi connectivity index (χ2n) is 4.52. The van der Waals surface area contributed by atoms with Crippen LogP contribution in [0.2, 0.25) is 0 Å². The quantitative estimate of drug-likeness (QED) is 0.517. The summed E-state index contributed by atoms with van der Waals surface area (Å²) in [7, 11) is 0. The zero-order valence-corrected chi connectivity index (χ0v) is 7.61. The number of hydrogen-bond acceptors (Lipinski definition) is 0. The highest BCUT2D eigenvalue weighted by molar-refractivity contribution is 5.24. The molecule has 0 spiro atoms. The van der Waals surface area contributed by atoms with Gasteiger partial charge in [0.15, 0.2) is 0 Å². The molecule has 5 unspecified atom stereocenters. The summed E-state index contributed by atoms with van der Waals surface area (Å²) in [5, 5.41) is 0. The van der Waals surface area contributed by atoms with Crippen molar-refractivity contribution in [2.75, 3.05) is 0 Å². The molecule has 0 aromatic rings. The first-order valence-electron chi connectivity index (χ1n) is 5.27. The lowest BCUT2D eigenvalue weighted by Gasteiger charge is -2.18. The van der Waals surface area contributed by atoms with Crippen molar-refractivity contribution >= 4 is 0 Å². The van der Waals surface area contributed by atoms with Gasteiger partial charge in [0.1, 0.15) is 0 Å². The highest BCUT2D eigenvalue weighted by Gasteiger charge is 2.50. The van der Waals surface area contributed by atoms with E-state index in [4.69, 9.17) is 0 Å². The van der Waals surface area contributed by atoms with Crippen molar-refractivity contribution in [1.82, 2.24) is 0 Å². The predicted octanol–water partition coefficient (Wildman–Crippen LogP) is 3.02. The minimum atomic E-state index is 0.906. The molecule has 1 fully saturated rings. The Morgan fingerprint density at radius 2 is 1.92 bits per heavy atom. The monoisotopic (exact) mass is 160 g/mol. The van der Waals surface area contributed by atoms with Crippen LogP contribution >= 0.6 is 0 Å². The predicted molar refractivity (Wildman–Crippen MR) is 50.6 cm³/mol. The van der Waals surface area contributed by atoms with Crippen LogP contribution in [-0.4, -0.2) is 0 Å². The molecule has 0 N–H and O–H groups in total. The van der Waals surface area contributed by atoms with Crippen LogP contribution in [0.4, 0.5) is 0 Å². The molecule has 3 aliphatic carbocycles. The molecule has 12 heavy (non-hydrogen) atoms. The molecule has 5 atom stereocenters. The summed E-state index contributed by atoms with van der Waals surface area (Å²) < 4.78 is 0. The Kier molecular flexibility index (Phi) is 1.30. The van der Waals surface area contributed by atoms with Crippen LogP contribution in [-0.2, 0) is 0 Å². The molecule has 0 saturated heterocycles. The van der Waals surface area contributed by atoms with E-state index in [0.29, 0.717) is 0 Å². The standard InChI is InChI=1S/C12H16/c1-2-8-11-6-7-12(8)10-5-3-4-9(10)11/h3-4,6-12H,2,5H2,1H3. The van der Waals surface area contributed by atoms with Gasteiger partial charge >= 0.3 is 0 Å². The van der Waals surface area contributed by atoms with Gasteiger partial charge in [-0.1, -0.05) is 37.6 Å². The van der Waals surface area contributed by atoms with Crippen LogP contribution in [0.25, 0.3) is 0 Å². The second kappa shape index (κ2) is 2.25. The van der Waals surface area contributed by atoms with Gasteiger partial charge in [0, 0.05) is 0 Å². The van der Waals surface area contributed by atoms with Crippen LogP contribution < -0.4 is 0 Å². The van der Waals surface area contributed by atoms with Crippen LogP contribution in [0.1, 0.15) is 19.8 Å². The van der Waals surface area contributed by atoms with E-state index in [1.165, 1.54) is 12.8 Å². The van der Waals surface area contributed by atoms with E-state index in [1.807, 2.05) is 0 Å². The molecule has 64 valence electrons. The number of rotatable bonds is 1. The van der Waals surface area contributed by atoms with Gasteiger partial charge < -0.3 is 0 Å². The van der Waals surface area contributed by atoms with Gasteiger partial charge in [-0.05, 0) is 36.0 Å². The highest BCUT2D eigenvalue weighted by Crippen LogP contribution is 2.57. The smallest absolute Gasteiger partial charge is 0.0131 e. The van der Waals surface area contributed by atoms with E-state index in [1.54, 1.807) is 0 Å². The van der Waals surface area contributed by atoms with Crippen molar-refractivity contribution in [3.8, 4) is 0 Å². The maximum absolute atomic E-state index is 2.49. The minimum Gasteiger partial charge on any atom is -0.0879 e. The molecule has 0 aliphatic heterocycles. The van der Waals surface area contributed by atoms with Crippen molar-refractivity contribution in [3.05, 3.63) is 24.3 Å². The van der Waals surface area contributed by atoms with E-state index in [9.17, 15) is 0 Å². The summed E-state index contributed by atoms with van der Waals surface area (Å²) in [4.78, 5) is 0. The number of fused-ring (bicyclic) bond motifs is 5. The van der Waals surface area contributed by atoms with Crippen molar-refractivity contribution in [1.29, 1.82) is 0 Å². The first-order valence-corrected chi connectivity index (χ1v) is 5.27. The zero-order valence-electron chi connectivity index (χ0n) is 7.61. The molecule has 0 heteroatoms. The molecule has 3 aliphatic rings. The average molecular weight is 160 g/mol. The fourth-order valence-corrected chi connectivity index (χ4v) is 3.74. The van der Waals surface area contributed by atoms with Crippen LogP contribution in [0.3, 0.4) is 0 Å². The Hall–Kier alpha value is -0.520. The summed E-state index contributed by atoms with van der Waals surface area (Å²) in [6, 6.07) is 0. The topological polar surface area (TPSA) is 0 Å². The van der Waals surface area contributed by atoms with Crippen LogP contribution in [0.15, 0.2) is 24.3 Å². The van der Waals surface area contributed by atoms with Gasteiger partial charge in [0.25, 0.3) is 0 Å². The Morgan fingerprint density at radius 3 is 2.67 bits per heavy atom. The first-order chi connectivity index (χ1) is 5.92. The number of hydrogen-bond donors (Lipinski definition) is 0. The van der Waals surface area contributed by atoms with Gasteiger partial charge in [-0.3, -0.25) is 0 Å². The van der Waals surface area contributed by atoms with E-state index in [0.717, 1.165) is 29.6 Å². The molecule has 3 rings (SSSR count). The molecule has 1 saturated carbocycles. The minimum absolute atomic E-state index is 0.906. The van der Waals surface area contributed by atoms with E-state index < -0.39 is 0 Å². The normalized spacial score (nSPS) is 53.6. The fourth-order valence-electron chi connectivity index (χ4n) is 3.74. The zero-order chi connectivity index (χ0) is 8.13. The molecule has 2 bridgehead atoms. The molecular formula is C12H16. The van der Waals surface area contributed by atoms with Gasteiger partial charge in [0.05, 0.1) is 0 Å². The Balaban J connectivity index is 1.97. The SMILES string of the molecule is CCC1C2C=CC1C1CC=CC21. The summed E-state index contributed by atoms with van der Waals surface area (Å²) in [6.07, 6.45) is 12.6. The summed E-state index contributed by atoms with van der Waals surface area (Å²) in [6.45, 7) is 2.35. The summed E-state index contributed by atoms with van der Waals surface area (Å²) in [5.41, 5.74) is 0. The molecule has 0 aromatic carbocycles. The van der Waals surface area contributed by atoms with Gasteiger partial charge in [-0.25, -0.2) is 0 Å². The third-order valence-electron chi connectivity index (χ3n) is 4.22. The first kappa shape index (κ1) is 6.94. The Labute approximate surface area is 74.4 Å². The highest BCUT2D eigenvalue weighted by atomic mass is 14.5. The largest absolute Gasteiger partial charge is 0.0879 e. The van der Waals surface area contributed by atoms with Crippen molar-refractivity contribution in [2.24, 2.45) is 29.6 Å². The van der Waals surface area contributed by atoms with E-state index in [2.05, 4.69) is 31.2 Å². The van der Waals surface area contributed by atoms with Gasteiger partial charge in [0.2, 0.25) is 0 Å².